The fourth-order valence-electron chi connectivity index (χ4n) is 2.29. The molecule has 0 aromatic carbocycles. The fourth-order valence-corrected chi connectivity index (χ4v) is 2.29. The molecule has 3 rings (SSSR count). The number of aliphatic hydroxyl groups is 1. The molecule has 60 valence electrons. The van der Waals surface area contributed by atoms with E-state index in [9.17, 15) is 0 Å². The molecular formula is C10H14O. The van der Waals surface area contributed by atoms with E-state index < -0.39 is 0 Å². The molecule has 2 bridgehead atoms. The normalized spacial score (nSPS) is 41.5. The lowest BCUT2D eigenvalue weighted by atomic mass is 9.67. The second-order valence-electron chi connectivity index (χ2n) is 3.60. The summed E-state index contributed by atoms with van der Waals surface area (Å²) in [6.45, 7) is 4.32. The standard InChI is InChI=1S/C10H14O/c1-7-8-2-4-9(5-3-8)10(7)6-11/h2,4,8-11H,1,3,5-6H2/t8-,9+,10-/m0/s1. The Morgan fingerprint density at radius 2 is 2.27 bits per heavy atom. The summed E-state index contributed by atoms with van der Waals surface area (Å²) < 4.78 is 0. The van der Waals surface area contributed by atoms with Gasteiger partial charge in [-0.2, -0.15) is 0 Å². The summed E-state index contributed by atoms with van der Waals surface area (Å²) in [7, 11) is 0. The van der Waals surface area contributed by atoms with Crippen LogP contribution in [0.25, 0.3) is 0 Å². The SMILES string of the molecule is C=C1[C@H]2C=C[C@H](CC2)[C@H]1CO. The molecule has 0 heterocycles. The monoisotopic (exact) mass is 150 g/mol. The van der Waals surface area contributed by atoms with Crippen LogP contribution in [0.4, 0.5) is 0 Å². The molecule has 1 fully saturated rings. The molecule has 0 unspecified atom stereocenters. The zero-order valence-electron chi connectivity index (χ0n) is 6.66. The van der Waals surface area contributed by atoms with Crippen LogP contribution in [-0.2, 0) is 0 Å². The number of fused-ring (bicyclic) bond motifs is 2. The molecule has 1 nitrogen and oxygen atoms in total. The van der Waals surface area contributed by atoms with E-state index in [-0.39, 0.29) is 6.61 Å². The fraction of sp³-hybridized carbons (Fsp3) is 0.600. The molecule has 0 saturated heterocycles. The van der Waals surface area contributed by atoms with E-state index in [0.29, 0.717) is 17.8 Å². The zero-order valence-corrected chi connectivity index (χ0v) is 6.66. The average Bonchev–Trinajstić information content (AvgIpc) is 2.06. The predicted molar refractivity (Wildman–Crippen MR) is 45.1 cm³/mol. The lowest BCUT2D eigenvalue weighted by molar-refractivity contribution is 0.178. The van der Waals surface area contributed by atoms with Gasteiger partial charge in [-0.25, -0.2) is 0 Å². The van der Waals surface area contributed by atoms with E-state index in [1.807, 2.05) is 0 Å². The van der Waals surface area contributed by atoms with Crippen LogP contribution in [0.2, 0.25) is 0 Å². The van der Waals surface area contributed by atoms with Gasteiger partial charge >= 0.3 is 0 Å². The van der Waals surface area contributed by atoms with E-state index in [0.717, 1.165) is 0 Å². The van der Waals surface area contributed by atoms with Crippen molar-refractivity contribution >= 4 is 0 Å². The molecule has 11 heavy (non-hydrogen) atoms. The van der Waals surface area contributed by atoms with E-state index in [4.69, 9.17) is 5.11 Å². The van der Waals surface area contributed by atoms with Crippen molar-refractivity contribution in [2.45, 2.75) is 12.8 Å². The summed E-state index contributed by atoms with van der Waals surface area (Å²) in [5.74, 6) is 1.51. The molecule has 0 spiro atoms. The molecule has 0 amide bonds. The van der Waals surface area contributed by atoms with Crippen molar-refractivity contribution < 1.29 is 5.11 Å². The Hall–Kier alpha value is -0.560. The van der Waals surface area contributed by atoms with E-state index in [1.54, 1.807) is 0 Å². The zero-order chi connectivity index (χ0) is 7.84. The van der Waals surface area contributed by atoms with Gasteiger partial charge in [-0.15, -0.1) is 0 Å². The van der Waals surface area contributed by atoms with E-state index >= 15 is 0 Å². The second kappa shape index (κ2) is 2.49. The van der Waals surface area contributed by atoms with Crippen LogP contribution >= 0.6 is 0 Å². The molecule has 0 aliphatic heterocycles. The summed E-state index contributed by atoms with van der Waals surface area (Å²) in [6, 6.07) is 0. The van der Waals surface area contributed by atoms with Gasteiger partial charge < -0.3 is 5.11 Å². The highest BCUT2D eigenvalue weighted by Crippen LogP contribution is 2.42. The lowest BCUT2D eigenvalue weighted by Crippen LogP contribution is -2.31. The first-order valence-corrected chi connectivity index (χ1v) is 4.31. The smallest absolute Gasteiger partial charge is 0.0502 e. The van der Waals surface area contributed by atoms with Crippen LogP contribution in [0.5, 0.6) is 0 Å². The van der Waals surface area contributed by atoms with Gasteiger partial charge in [0.05, 0.1) is 6.61 Å². The van der Waals surface area contributed by atoms with Gasteiger partial charge in [-0.3, -0.25) is 0 Å². The molecule has 3 aliphatic rings. The number of aliphatic hydroxyl groups excluding tert-OH is 1. The number of hydrogen-bond acceptors (Lipinski definition) is 1. The molecule has 3 aliphatic carbocycles. The lowest BCUT2D eigenvalue weighted by Gasteiger charge is -2.39. The highest BCUT2D eigenvalue weighted by atomic mass is 16.3. The maximum absolute atomic E-state index is 9.09. The molecule has 0 radical (unpaired) electrons. The summed E-state index contributed by atoms with van der Waals surface area (Å²) in [5, 5.41) is 9.09. The van der Waals surface area contributed by atoms with Gasteiger partial charge in [0, 0.05) is 5.92 Å². The number of hydrogen-bond donors (Lipinski definition) is 1. The van der Waals surface area contributed by atoms with Crippen LogP contribution in [0.15, 0.2) is 24.3 Å². The van der Waals surface area contributed by atoms with Crippen LogP contribution < -0.4 is 0 Å². The first-order chi connectivity index (χ1) is 5.33. The minimum atomic E-state index is 0.282. The van der Waals surface area contributed by atoms with Gasteiger partial charge in [0.25, 0.3) is 0 Å². The quantitative estimate of drug-likeness (QED) is 0.564. The number of allylic oxidation sites excluding steroid dienone is 2. The van der Waals surface area contributed by atoms with Crippen molar-refractivity contribution in [3.8, 4) is 0 Å². The Balaban J connectivity index is 2.26. The van der Waals surface area contributed by atoms with E-state index in [1.165, 1.54) is 18.4 Å². The van der Waals surface area contributed by atoms with Crippen molar-refractivity contribution in [2.24, 2.45) is 17.8 Å². The van der Waals surface area contributed by atoms with Crippen LogP contribution in [-0.4, -0.2) is 11.7 Å². The molecule has 3 atom stereocenters. The molecule has 1 heteroatoms. The summed E-state index contributed by atoms with van der Waals surface area (Å²) in [6.07, 6.45) is 6.99. The maximum Gasteiger partial charge on any atom is 0.0502 e. The van der Waals surface area contributed by atoms with Crippen LogP contribution in [0, 0.1) is 17.8 Å². The Morgan fingerprint density at radius 3 is 2.64 bits per heavy atom. The minimum Gasteiger partial charge on any atom is -0.396 e. The van der Waals surface area contributed by atoms with E-state index in [2.05, 4.69) is 18.7 Å². The van der Waals surface area contributed by atoms with Crippen molar-refractivity contribution in [2.75, 3.05) is 6.61 Å². The minimum absolute atomic E-state index is 0.282. The first kappa shape index (κ1) is 7.11. The third-order valence-electron chi connectivity index (χ3n) is 3.07. The maximum atomic E-state index is 9.09. The molecule has 0 aromatic heterocycles. The molecule has 0 aromatic rings. The Bertz CT molecular complexity index is 205. The van der Waals surface area contributed by atoms with Gasteiger partial charge in [0.15, 0.2) is 0 Å². The van der Waals surface area contributed by atoms with Gasteiger partial charge in [0.1, 0.15) is 0 Å². The number of rotatable bonds is 1. The van der Waals surface area contributed by atoms with Gasteiger partial charge in [0.2, 0.25) is 0 Å². The summed E-state index contributed by atoms with van der Waals surface area (Å²) >= 11 is 0. The summed E-state index contributed by atoms with van der Waals surface area (Å²) in [5.41, 5.74) is 1.26. The van der Waals surface area contributed by atoms with Crippen molar-refractivity contribution in [1.29, 1.82) is 0 Å². The highest BCUT2D eigenvalue weighted by Gasteiger charge is 2.34. The Labute approximate surface area is 67.4 Å². The first-order valence-electron chi connectivity index (χ1n) is 4.31. The second-order valence-corrected chi connectivity index (χ2v) is 3.60. The van der Waals surface area contributed by atoms with Gasteiger partial charge in [-0.05, 0) is 24.7 Å². The highest BCUT2D eigenvalue weighted by molar-refractivity contribution is 5.24. The van der Waals surface area contributed by atoms with Crippen LogP contribution in [0.3, 0.4) is 0 Å². The summed E-state index contributed by atoms with van der Waals surface area (Å²) in [4.78, 5) is 0. The topological polar surface area (TPSA) is 20.2 Å². The molecular weight excluding hydrogens is 136 g/mol. The van der Waals surface area contributed by atoms with Crippen molar-refractivity contribution in [1.82, 2.24) is 0 Å². The van der Waals surface area contributed by atoms with Crippen molar-refractivity contribution in [3.05, 3.63) is 24.3 Å². The Morgan fingerprint density at radius 1 is 1.45 bits per heavy atom. The van der Waals surface area contributed by atoms with Crippen molar-refractivity contribution in [3.63, 3.8) is 0 Å². The third-order valence-corrected chi connectivity index (χ3v) is 3.07. The molecule has 1 saturated carbocycles. The largest absolute Gasteiger partial charge is 0.396 e. The molecule has 1 N–H and O–H groups in total. The van der Waals surface area contributed by atoms with Crippen LogP contribution in [0.1, 0.15) is 12.8 Å². The average molecular weight is 150 g/mol. The predicted octanol–water partition coefficient (Wildman–Crippen LogP) is 1.75. The third kappa shape index (κ3) is 0.951. The Kier molecular flexibility index (Phi) is 1.61. The van der Waals surface area contributed by atoms with Gasteiger partial charge in [-0.1, -0.05) is 24.3 Å².